The number of carbonyl (C=O) groups is 3. The van der Waals surface area contributed by atoms with Gasteiger partial charge in [-0.2, -0.15) is 0 Å². The molecule has 0 saturated carbocycles. The van der Waals surface area contributed by atoms with Crippen molar-refractivity contribution in [2.75, 3.05) is 24.6 Å². The van der Waals surface area contributed by atoms with Crippen molar-refractivity contribution in [2.24, 2.45) is 0 Å². The summed E-state index contributed by atoms with van der Waals surface area (Å²) in [6.07, 6.45) is 2.00. The van der Waals surface area contributed by atoms with Crippen molar-refractivity contribution in [1.29, 1.82) is 0 Å². The predicted molar refractivity (Wildman–Crippen MR) is 113 cm³/mol. The van der Waals surface area contributed by atoms with E-state index in [1.165, 1.54) is 5.56 Å². The zero-order valence-electron chi connectivity index (χ0n) is 17.7. The Morgan fingerprint density at radius 2 is 1.77 bits per heavy atom. The van der Waals surface area contributed by atoms with Crippen molar-refractivity contribution in [1.82, 2.24) is 15.4 Å². The highest BCUT2D eigenvalue weighted by atomic mass is 16.5. The number of ether oxygens (including phenoxy) is 1. The Bertz CT molecular complexity index is 951. The van der Waals surface area contributed by atoms with Gasteiger partial charge >= 0.3 is 5.97 Å². The second kappa shape index (κ2) is 9.47. The van der Waals surface area contributed by atoms with E-state index in [1.54, 1.807) is 24.5 Å². The molecule has 2 N–H and O–H groups in total. The molecular formula is C22H28N4O4. The van der Waals surface area contributed by atoms with E-state index in [4.69, 9.17) is 4.74 Å². The van der Waals surface area contributed by atoms with Crippen LogP contribution in [0.3, 0.4) is 0 Å². The maximum atomic E-state index is 12.3. The summed E-state index contributed by atoms with van der Waals surface area (Å²) in [5.41, 5.74) is 9.10. The van der Waals surface area contributed by atoms with Crippen LogP contribution in [0.2, 0.25) is 0 Å². The van der Waals surface area contributed by atoms with E-state index in [0.717, 1.165) is 30.8 Å². The Labute approximate surface area is 176 Å². The number of carbonyl (C=O) groups excluding carboxylic acids is 3. The van der Waals surface area contributed by atoms with Crippen LogP contribution in [0.15, 0.2) is 30.3 Å². The lowest BCUT2D eigenvalue weighted by atomic mass is 10.0. The normalized spacial score (nSPS) is 12.8. The number of rotatable bonds is 6. The first-order valence-electron chi connectivity index (χ1n) is 10.1. The molecule has 0 saturated heterocycles. The van der Waals surface area contributed by atoms with Crippen LogP contribution in [0.1, 0.15) is 40.7 Å². The standard InChI is InChI=1S/C22H28N4O4/c1-4-30-22(29)18-12-15(2)26(16(18)3)14-21(28)24-23-20(27)13-25-11-7-9-17-8-5-6-10-19(17)25/h5-6,8,10,12H,4,7,9,11,13-14H2,1-3H3,(H,23,27)(H,24,28). The summed E-state index contributed by atoms with van der Waals surface area (Å²) in [5.74, 6) is -1.07. The summed E-state index contributed by atoms with van der Waals surface area (Å²) < 4.78 is 6.76. The van der Waals surface area contributed by atoms with Crippen molar-refractivity contribution in [3.05, 3.63) is 52.8 Å². The number of esters is 1. The van der Waals surface area contributed by atoms with Crippen molar-refractivity contribution >= 4 is 23.5 Å². The van der Waals surface area contributed by atoms with Crippen molar-refractivity contribution in [3.63, 3.8) is 0 Å². The molecular weight excluding hydrogens is 384 g/mol. The molecule has 0 fully saturated rings. The first-order chi connectivity index (χ1) is 14.4. The van der Waals surface area contributed by atoms with Gasteiger partial charge in [-0.1, -0.05) is 18.2 Å². The van der Waals surface area contributed by atoms with Gasteiger partial charge < -0.3 is 14.2 Å². The molecule has 0 atom stereocenters. The predicted octanol–water partition coefficient (Wildman–Crippen LogP) is 1.88. The Balaban J connectivity index is 1.54. The molecule has 8 nitrogen and oxygen atoms in total. The summed E-state index contributed by atoms with van der Waals surface area (Å²) in [4.78, 5) is 38.7. The highest BCUT2D eigenvalue weighted by Crippen LogP contribution is 2.26. The van der Waals surface area contributed by atoms with E-state index >= 15 is 0 Å². The van der Waals surface area contributed by atoms with Gasteiger partial charge in [-0.25, -0.2) is 4.79 Å². The highest BCUT2D eigenvalue weighted by molar-refractivity contribution is 5.91. The smallest absolute Gasteiger partial charge is 0.339 e. The Morgan fingerprint density at radius 1 is 1.07 bits per heavy atom. The topological polar surface area (TPSA) is 92.7 Å². The lowest BCUT2D eigenvalue weighted by Gasteiger charge is -2.30. The molecule has 1 aromatic carbocycles. The number of anilines is 1. The number of benzene rings is 1. The summed E-state index contributed by atoms with van der Waals surface area (Å²) in [6.45, 7) is 6.58. The van der Waals surface area contributed by atoms with Gasteiger partial charge in [-0.3, -0.25) is 20.4 Å². The molecule has 0 unspecified atom stereocenters. The highest BCUT2D eigenvalue weighted by Gasteiger charge is 2.20. The van der Waals surface area contributed by atoms with Gasteiger partial charge in [0.15, 0.2) is 0 Å². The fourth-order valence-corrected chi connectivity index (χ4v) is 3.77. The third-order valence-electron chi connectivity index (χ3n) is 5.25. The number of aryl methyl sites for hydroxylation is 2. The molecule has 0 radical (unpaired) electrons. The van der Waals surface area contributed by atoms with Crippen LogP contribution in [0.5, 0.6) is 0 Å². The first-order valence-corrected chi connectivity index (χ1v) is 10.1. The molecule has 2 heterocycles. The van der Waals surface area contributed by atoms with Crippen LogP contribution in [-0.2, 0) is 27.3 Å². The van der Waals surface area contributed by atoms with E-state index in [-0.39, 0.29) is 31.5 Å². The Morgan fingerprint density at radius 3 is 2.50 bits per heavy atom. The minimum Gasteiger partial charge on any atom is -0.462 e. The zero-order chi connectivity index (χ0) is 21.7. The zero-order valence-corrected chi connectivity index (χ0v) is 17.7. The lowest BCUT2D eigenvalue weighted by Crippen LogP contribution is -2.48. The van der Waals surface area contributed by atoms with Crippen LogP contribution in [0.25, 0.3) is 0 Å². The molecule has 1 aliphatic rings. The lowest BCUT2D eigenvalue weighted by molar-refractivity contribution is -0.128. The molecule has 2 amide bonds. The Hall–Kier alpha value is -3.29. The van der Waals surface area contributed by atoms with Gasteiger partial charge in [-0.15, -0.1) is 0 Å². The van der Waals surface area contributed by atoms with Gasteiger partial charge in [0, 0.05) is 23.6 Å². The minimum absolute atomic E-state index is 0.0100. The van der Waals surface area contributed by atoms with Crippen LogP contribution < -0.4 is 15.8 Å². The van der Waals surface area contributed by atoms with Gasteiger partial charge in [0.2, 0.25) is 0 Å². The molecule has 0 aliphatic carbocycles. The number of amides is 2. The molecule has 1 aromatic heterocycles. The molecule has 1 aliphatic heterocycles. The van der Waals surface area contributed by atoms with Crippen molar-refractivity contribution < 1.29 is 19.1 Å². The number of hydrogen-bond acceptors (Lipinski definition) is 5. The summed E-state index contributed by atoms with van der Waals surface area (Å²) in [5, 5.41) is 0. The second-order valence-corrected chi connectivity index (χ2v) is 7.34. The molecule has 0 bridgehead atoms. The fourth-order valence-electron chi connectivity index (χ4n) is 3.77. The van der Waals surface area contributed by atoms with E-state index in [2.05, 4.69) is 16.9 Å². The number of nitrogens with one attached hydrogen (secondary N) is 2. The van der Waals surface area contributed by atoms with E-state index < -0.39 is 5.97 Å². The fraction of sp³-hybridized carbons (Fsp3) is 0.409. The number of fused-ring (bicyclic) bond motifs is 1. The van der Waals surface area contributed by atoms with Gasteiger partial charge in [-0.05, 0) is 51.3 Å². The molecule has 160 valence electrons. The van der Waals surface area contributed by atoms with Crippen LogP contribution in [0, 0.1) is 13.8 Å². The van der Waals surface area contributed by atoms with Crippen LogP contribution in [-0.4, -0.2) is 42.0 Å². The average Bonchev–Trinajstić information content (AvgIpc) is 3.01. The minimum atomic E-state index is -0.410. The third-order valence-corrected chi connectivity index (χ3v) is 5.25. The van der Waals surface area contributed by atoms with Crippen molar-refractivity contribution in [2.45, 2.75) is 40.2 Å². The first kappa shape index (κ1) is 21.4. The Kier molecular flexibility index (Phi) is 6.76. The maximum Gasteiger partial charge on any atom is 0.339 e. The van der Waals surface area contributed by atoms with E-state index in [0.29, 0.717) is 11.3 Å². The van der Waals surface area contributed by atoms with Crippen LogP contribution in [0.4, 0.5) is 5.69 Å². The summed E-state index contributed by atoms with van der Waals surface area (Å²) in [6, 6.07) is 9.75. The molecule has 2 aromatic rings. The summed E-state index contributed by atoms with van der Waals surface area (Å²) in [7, 11) is 0. The van der Waals surface area contributed by atoms with Crippen LogP contribution >= 0.6 is 0 Å². The molecule has 0 spiro atoms. The molecule has 8 heteroatoms. The van der Waals surface area contributed by atoms with Crippen molar-refractivity contribution in [3.8, 4) is 0 Å². The van der Waals surface area contributed by atoms with Gasteiger partial charge in [0.05, 0.1) is 18.7 Å². The summed E-state index contributed by atoms with van der Waals surface area (Å²) >= 11 is 0. The number of nitrogens with zero attached hydrogens (tertiary/aromatic N) is 2. The number of hydrazine groups is 1. The van der Waals surface area contributed by atoms with Gasteiger partial charge in [0.1, 0.15) is 6.54 Å². The van der Waals surface area contributed by atoms with E-state index in [1.807, 2.05) is 30.0 Å². The molecule has 3 rings (SSSR count). The average molecular weight is 412 g/mol. The number of aromatic nitrogens is 1. The second-order valence-electron chi connectivity index (χ2n) is 7.34. The maximum absolute atomic E-state index is 12.3. The SMILES string of the molecule is CCOC(=O)c1cc(C)n(CC(=O)NNC(=O)CN2CCCc3ccccc32)c1C. The third kappa shape index (κ3) is 4.82. The largest absolute Gasteiger partial charge is 0.462 e. The quantitative estimate of drug-likeness (QED) is 0.558. The molecule has 30 heavy (non-hydrogen) atoms. The number of para-hydroxylation sites is 1. The number of hydrogen-bond donors (Lipinski definition) is 2. The van der Waals surface area contributed by atoms with Gasteiger partial charge in [0.25, 0.3) is 11.8 Å². The monoisotopic (exact) mass is 412 g/mol. The van der Waals surface area contributed by atoms with E-state index in [9.17, 15) is 14.4 Å².